The quantitative estimate of drug-likeness (QED) is 0.808. The van der Waals surface area contributed by atoms with Gasteiger partial charge < -0.3 is 19.6 Å². The summed E-state index contributed by atoms with van der Waals surface area (Å²) in [4.78, 5) is 27.0. The van der Waals surface area contributed by atoms with E-state index in [4.69, 9.17) is 9.84 Å². The summed E-state index contributed by atoms with van der Waals surface area (Å²) in [6, 6.07) is -0.234. The van der Waals surface area contributed by atoms with Crippen molar-refractivity contribution in [2.24, 2.45) is 11.8 Å². The van der Waals surface area contributed by atoms with Crippen molar-refractivity contribution in [3.05, 3.63) is 0 Å². The molecule has 19 heavy (non-hydrogen) atoms. The fourth-order valence-corrected chi connectivity index (χ4v) is 3.07. The Labute approximate surface area is 113 Å². The molecule has 2 aliphatic heterocycles. The lowest BCUT2D eigenvalue weighted by Crippen LogP contribution is -2.50. The number of hydrogen-bond acceptors (Lipinski definition) is 3. The molecule has 6 heteroatoms. The van der Waals surface area contributed by atoms with Crippen LogP contribution in [-0.2, 0) is 9.53 Å². The number of likely N-dealkylation sites (N-methyl/N-ethyl adjacent to an activating group) is 1. The first kappa shape index (κ1) is 14.1. The van der Waals surface area contributed by atoms with Gasteiger partial charge in [0.25, 0.3) is 0 Å². The summed E-state index contributed by atoms with van der Waals surface area (Å²) < 4.78 is 5.22. The summed E-state index contributed by atoms with van der Waals surface area (Å²) in [7, 11) is 1.67. The molecule has 1 N–H and O–H groups in total. The van der Waals surface area contributed by atoms with Gasteiger partial charge in [0.2, 0.25) is 0 Å². The van der Waals surface area contributed by atoms with Crippen LogP contribution < -0.4 is 0 Å². The Balaban J connectivity index is 2.04. The van der Waals surface area contributed by atoms with E-state index >= 15 is 0 Å². The van der Waals surface area contributed by atoms with Gasteiger partial charge in [0, 0.05) is 19.6 Å². The van der Waals surface area contributed by atoms with Crippen LogP contribution in [-0.4, -0.2) is 65.8 Å². The predicted octanol–water partition coefficient (Wildman–Crippen LogP) is 0.868. The maximum atomic E-state index is 12.5. The van der Waals surface area contributed by atoms with Gasteiger partial charge in [-0.05, 0) is 19.3 Å². The van der Waals surface area contributed by atoms with E-state index in [0.717, 1.165) is 13.0 Å². The molecule has 2 rings (SSSR count). The molecule has 0 radical (unpaired) electrons. The molecule has 0 aromatic heterocycles. The van der Waals surface area contributed by atoms with Gasteiger partial charge in [0.1, 0.15) is 5.92 Å². The summed E-state index contributed by atoms with van der Waals surface area (Å²) in [5.74, 6) is -1.02. The molecular formula is C13H22N2O4. The number of aliphatic carboxylic acids is 1. The standard InChI is InChI=1S/C13H22N2O4/c1-8-4-9(2)15(5-8)13(18)14(3)11-7-19-6-10(11)12(16)17/h8-11H,4-7H2,1-3H3,(H,16,17). The minimum absolute atomic E-state index is 0.0846. The number of ether oxygens (including phenoxy) is 1. The minimum atomic E-state index is -0.898. The van der Waals surface area contributed by atoms with Crippen molar-refractivity contribution < 1.29 is 19.4 Å². The van der Waals surface area contributed by atoms with Crippen molar-refractivity contribution in [1.29, 1.82) is 0 Å². The molecule has 2 fully saturated rings. The van der Waals surface area contributed by atoms with Crippen LogP contribution >= 0.6 is 0 Å². The van der Waals surface area contributed by atoms with Crippen LogP contribution in [0.5, 0.6) is 0 Å². The predicted molar refractivity (Wildman–Crippen MR) is 68.8 cm³/mol. The largest absolute Gasteiger partial charge is 0.481 e. The van der Waals surface area contributed by atoms with Crippen LogP contribution in [0.25, 0.3) is 0 Å². The fraction of sp³-hybridized carbons (Fsp3) is 0.846. The number of nitrogens with zero attached hydrogens (tertiary/aromatic N) is 2. The Bertz CT molecular complexity index is 374. The number of hydrogen-bond donors (Lipinski definition) is 1. The highest BCUT2D eigenvalue weighted by Crippen LogP contribution is 2.26. The van der Waals surface area contributed by atoms with Crippen molar-refractivity contribution >= 4 is 12.0 Å². The second-order valence-corrected chi connectivity index (χ2v) is 5.79. The number of rotatable bonds is 2. The summed E-state index contributed by atoms with van der Waals surface area (Å²) in [5, 5.41) is 9.14. The van der Waals surface area contributed by atoms with Gasteiger partial charge in [-0.2, -0.15) is 0 Å². The summed E-state index contributed by atoms with van der Waals surface area (Å²) >= 11 is 0. The van der Waals surface area contributed by atoms with Crippen LogP contribution in [0.15, 0.2) is 0 Å². The molecule has 2 amide bonds. The number of urea groups is 1. The summed E-state index contributed by atoms with van der Waals surface area (Å²) in [6.45, 7) is 5.40. The summed E-state index contributed by atoms with van der Waals surface area (Å²) in [6.07, 6.45) is 1.00. The Morgan fingerprint density at radius 1 is 1.32 bits per heavy atom. The first-order chi connectivity index (χ1) is 8.91. The molecule has 108 valence electrons. The first-order valence-electron chi connectivity index (χ1n) is 6.75. The van der Waals surface area contributed by atoms with Crippen molar-refractivity contribution in [2.75, 3.05) is 26.8 Å². The highest BCUT2D eigenvalue weighted by molar-refractivity contribution is 5.77. The SMILES string of the molecule is CC1CC(C)N(C(=O)N(C)C2COCC2C(=O)O)C1. The van der Waals surface area contributed by atoms with E-state index in [1.54, 1.807) is 11.9 Å². The van der Waals surface area contributed by atoms with Crippen molar-refractivity contribution in [3.63, 3.8) is 0 Å². The minimum Gasteiger partial charge on any atom is -0.481 e. The highest BCUT2D eigenvalue weighted by Gasteiger charge is 2.41. The van der Waals surface area contributed by atoms with Gasteiger partial charge in [-0.15, -0.1) is 0 Å². The zero-order valence-electron chi connectivity index (χ0n) is 11.7. The first-order valence-corrected chi connectivity index (χ1v) is 6.75. The third-order valence-corrected chi connectivity index (χ3v) is 4.20. The van der Waals surface area contributed by atoms with Crippen molar-refractivity contribution in [2.45, 2.75) is 32.4 Å². The normalized spacial score (nSPS) is 34.6. The Hall–Kier alpha value is -1.30. The van der Waals surface area contributed by atoms with E-state index in [2.05, 4.69) is 6.92 Å². The molecule has 0 aliphatic carbocycles. The molecule has 0 aromatic carbocycles. The van der Waals surface area contributed by atoms with Crippen LogP contribution in [0.2, 0.25) is 0 Å². The number of carbonyl (C=O) groups is 2. The van der Waals surface area contributed by atoms with E-state index in [0.29, 0.717) is 12.5 Å². The van der Waals surface area contributed by atoms with Gasteiger partial charge in [-0.1, -0.05) is 6.92 Å². The Morgan fingerprint density at radius 2 is 2.00 bits per heavy atom. The average Bonchev–Trinajstić information content (AvgIpc) is 2.93. The molecule has 0 aromatic rings. The van der Waals surface area contributed by atoms with Gasteiger partial charge in [-0.3, -0.25) is 4.79 Å². The number of amides is 2. The Morgan fingerprint density at radius 3 is 2.53 bits per heavy atom. The van der Waals surface area contributed by atoms with Gasteiger partial charge in [-0.25, -0.2) is 4.79 Å². The molecule has 2 aliphatic rings. The number of carbonyl (C=O) groups excluding carboxylic acids is 1. The molecule has 4 unspecified atom stereocenters. The zero-order chi connectivity index (χ0) is 14.2. The fourth-order valence-electron chi connectivity index (χ4n) is 3.07. The zero-order valence-corrected chi connectivity index (χ0v) is 11.7. The molecule has 6 nitrogen and oxygen atoms in total. The lowest BCUT2D eigenvalue weighted by Gasteiger charge is -2.32. The monoisotopic (exact) mass is 270 g/mol. The van der Waals surface area contributed by atoms with Crippen LogP contribution in [0.1, 0.15) is 20.3 Å². The molecule has 0 bridgehead atoms. The lowest BCUT2D eigenvalue weighted by molar-refractivity contribution is -0.142. The third-order valence-electron chi connectivity index (χ3n) is 4.20. The molecule has 0 spiro atoms. The smallest absolute Gasteiger partial charge is 0.320 e. The van der Waals surface area contributed by atoms with Crippen molar-refractivity contribution in [3.8, 4) is 0 Å². The van der Waals surface area contributed by atoms with E-state index in [9.17, 15) is 9.59 Å². The number of likely N-dealkylation sites (tertiary alicyclic amines) is 1. The van der Waals surface area contributed by atoms with Gasteiger partial charge in [0.15, 0.2) is 0 Å². The Kier molecular flexibility index (Phi) is 3.99. The van der Waals surface area contributed by atoms with Crippen molar-refractivity contribution in [1.82, 2.24) is 9.80 Å². The molecule has 0 saturated carbocycles. The second kappa shape index (κ2) is 5.36. The second-order valence-electron chi connectivity index (χ2n) is 5.79. The van der Waals surface area contributed by atoms with E-state index in [-0.39, 0.29) is 24.7 Å². The maximum Gasteiger partial charge on any atom is 0.320 e. The topological polar surface area (TPSA) is 70.1 Å². The van der Waals surface area contributed by atoms with Gasteiger partial charge >= 0.3 is 12.0 Å². The average molecular weight is 270 g/mol. The number of carboxylic acids is 1. The number of carboxylic acid groups (broad SMARTS) is 1. The maximum absolute atomic E-state index is 12.5. The van der Waals surface area contributed by atoms with Crippen LogP contribution in [0.4, 0.5) is 4.79 Å². The molecule has 2 saturated heterocycles. The molecule has 4 atom stereocenters. The summed E-state index contributed by atoms with van der Waals surface area (Å²) in [5.41, 5.74) is 0. The lowest BCUT2D eigenvalue weighted by atomic mass is 10.0. The van der Waals surface area contributed by atoms with Gasteiger partial charge in [0.05, 0.1) is 19.3 Å². The molecule has 2 heterocycles. The molecular weight excluding hydrogens is 248 g/mol. The van der Waals surface area contributed by atoms with Crippen LogP contribution in [0.3, 0.4) is 0 Å². The third kappa shape index (κ3) is 2.68. The van der Waals surface area contributed by atoms with E-state index < -0.39 is 11.9 Å². The van der Waals surface area contributed by atoms with E-state index in [1.165, 1.54) is 0 Å². The highest BCUT2D eigenvalue weighted by atomic mass is 16.5. The van der Waals surface area contributed by atoms with Crippen LogP contribution in [0, 0.1) is 11.8 Å². The van der Waals surface area contributed by atoms with E-state index in [1.807, 2.05) is 11.8 Å².